The van der Waals surface area contributed by atoms with Crippen molar-refractivity contribution in [3.05, 3.63) is 53.5 Å². The van der Waals surface area contributed by atoms with E-state index in [1.54, 1.807) is 24.5 Å². The predicted molar refractivity (Wildman–Crippen MR) is 81.4 cm³/mol. The van der Waals surface area contributed by atoms with Gasteiger partial charge in [-0.05, 0) is 37.1 Å². The van der Waals surface area contributed by atoms with E-state index in [1.807, 2.05) is 6.07 Å². The van der Waals surface area contributed by atoms with Gasteiger partial charge in [-0.2, -0.15) is 0 Å². The van der Waals surface area contributed by atoms with E-state index in [4.69, 9.17) is 14.3 Å². The van der Waals surface area contributed by atoms with E-state index in [2.05, 4.69) is 5.32 Å². The average molecular weight is 315 g/mol. The van der Waals surface area contributed by atoms with Crippen molar-refractivity contribution >= 4 is 11.9 Å². The predicted octanol–water partition coefficient (Wildman–Crippen LogP) is 2.55. The number of rotatable bonds is 5. The third-order valence-corrected chi connectivity index (χ3v) is 3.82. The molecule has 1 aromatic heterocycles. The lowest BCUT2D eigenvalue weighted by Gasteiger charge is -2.22. The maximum atomic E-state index is 12.4. The fraction of sp³-hybridized carbons (Fsp3) is 0.294. The van der Waals surface area contributed by atoms with Crippen LogP contribution in [-0.2, 0) is 11.2 Å². The molecule has 1 aliphatic carbocycles. The number of hydrogen-bond acceptors (Lipinski definition) is 4. The summed E-state index contributed by atoms with van der Waals surface area (Å²) in [4.78, 5) is 23.0. The Morgan fingerprint density at radius 1 is 1.35 bits per heavy atom. The van der Waals surface area contributed by atoms with Gasteiger partial charge in [-0.3, -0.25) is 4.79 Å². The molecule has 0 aliphatic heterocycles. The molecule has 1 aromatic carbocycles. The fourth-order valence-electron chi connectivity index (χ4n) is 2.75. The Hall–Kier alpha value is -2.76. The Kier molecular flexibility index (Phi) is 4.32. The van der Waals surface area contributed by atoms with Crippen molar-refractivity contribution < 1.29 is 23.8 Å². The highest BCUT2D eigenvalue weighted by molar-refractivity contribution is 5.94. The number of aliphatic carboxylic acids is 1. The van der Waals surface area contributed by atoms with Gasteiger partial charge in [0.05, 0.1) is 12.3 Å². The van der Waals surface area contributed by atoms with Crippen LogP contribution in [0.4, 0.5) is 0 Å². The topological polar surface area (TPSA) is 88.8 Å². The highest BCUT2D eigenvalue weighted by Gasteiger charge is 2.24. The van der Waals surface area contributed by atoms with Crippen LogP contribution in [0, 0.1) is 0 Å². The summed E-state index contributed by atoms with van der Waals surface area (Å²) in [5, 5.41) is 11.6. The first-order chi connectivity index (χ1) is 11.1. The molecule has 2 N–H and O–H groups in total. The van der Waals surface area contributed by atoms with Gasteiger partial charge in [-0.15, -0.1) is 0 Å². The van der Waals surface area contributed by atoms with Crippen LogP contribution in [0.1, 0.15) is 40.6 Å². The molecule has 0 bridgehead atoms. The normalized spacial score (nSPS) is 16.4. The van der Waals surface area contributed by atoms with Crippen LogP contribution in [0.5, 0.6) is 5.75 Å². The van der Waals surface area contributed by atoms with Crippen LogP contribution >= 0.6 is 0 Å². The number of carboxylic acid groups (broad SMARTS) is 1. The molecule has 0 saturated heterocycles. The summed E-state index contributed by atoms with van der Waals surface area (Å²) in [5.41, 5.74) is 1.46. The molecular formula is C17H17NO5. The van der Waals surface area contributed by atoms with E-state index in [-0.39, 0.29) is 11.9 Å². The van der Waals surface area contributed by atoms with E-state index in [9.17, 15) is 9.59 Å². The van der Waals surface area contributed by atoms with Gasteiger partial charge in [-0.25, -0.2) is 4.79 Å². The summed E-state index contributed by atoms with van der Waals surface area (Å²) in [5.74, 6) is 0.00663. The van der Waals surface area contributed by atoms with Crippen LogP contribution in [0.25, 0.3) is 0 Å². The van der Waals surface area contributed by atoms with Gasteiger partial charge in [0.15, 0.2) is 6.61 Å². The second kappa shape index (κ2) is 6.56. The number of furan rings is 1. The number of carbonyl (C=O) groups is 2. The number of ether oxygens (including phenoxy) is 1. The highest BCUT2D eigenvalue weighted by atomic mass is 16.5. The molecule has 1 amide bonds. The Bertz CT molecular complexity index is 721. The van der Waals surface area contributed by atoms with Crippen molar-refractivity contribution in [3.8, 4) is 5.75 Å². The Balaban J connectivity index is 1.69. The molecule has 0 spiro atoms. The van der Waals surface area contributed by atoms with E-state index in [0.29, 0.717) is 11.3 Å². The first-order valence-electron chi connectivity index (χ1n) is 7.45. The summed E-state index contributed by atoms with van der Waals surface area (Å²) in [6, 6.07) is 8.32. The Morgan fingerprint density at radius 2 is 2.22 bits per heavy atom. The van der Waals surface area contributed by atoms with E-state index >= 15 is 0 Å². The molecule has 1 heterocycles. The molecule has 1 aliphatic rings. The molecular weight excluding hydrogens is 298 g/mol. The van der Waals surface area contributed by atoms with Crippen molar-refractivity contribution in [3.63, 3.8) is 0 Å². The second-order valence-corrected chi connectivity index (χ2v) is 5.43. The zero-order chi connectivity index (χ0) is 16.2. The van der Waals surface area contributed by atoms with Gasteiger partial charge < -0.3 is 19.6 Å². The standard InChI is InChI=1S/C17H17NO5/c19-16(20)10-23-12-4-1-3-11(9-12)17(21)18-14-5-2-6-15-13(14)7-8-22-15/h1,3-4,7-9,14H,2,5-6,10H2,(H,18,21)(H,19,20). The first kappa shape index (κ1) is 15.1. The van der Waals surface area contributed by atoms with Crippen LogP contribution in [0.15, 0.2) is 41.0 Å². The molecule has 23 heavy (non-hydrogen) atoms. The molecule has 3 rings (SSSR count). The third kappa shape index (κ3) is 3.53. The van der Waals surface area contributed by atoms with Crippen molar-refractivity contribution in [2.75, 3.05) is 6.61 Å². The first-order valence-corrected chi connectivity index (χ1v) is 7.45. The van der Waals surface area contributed by atoms with Gasteiger partial charge in [0.1, 0.15) is 11.5 Å². The molecule has 1 atom stereocenters. The molecule has 0 saturated carbocycles. The lowest BCUT2D eigenvalue weighted by Crippen LogP contribution is -2.30. The molecule has 6 nitrogen and oxygen atoms in total. The molecule has 0 fully saturated rings. The quantitative estimate of drug-likeness (QED) is 0.885. The lowest BCUT2D eigenvalue weighted by molar-refractivity contribution is -0.139. The van der Waals surface area contributed by atoms with Crippen molar-refractivity contribution in [2.45, 2.75) is 25.3 Å². The average Bonchev–Trinajstić information content (AvgIpc) is 3.03. The summed E-state index contributed by atoms with van der Waals surface area (Å²) in [7, 11) is 0. The fourth-order valence-corrected chi connectivity index (χ4v) is 2.75. The largest absolute Gasteiger partial charge is 0.482 e. The Morgan fingerprint density at radius 3 is 3.04 bits per heavy atom. The van der Waals surface area contributed by atoms with Crippen LogP contribution in [0.2, 0.25) is 0 Å². The van der Waals surface area contributed by atoms with Gasteiger partial charge in [0.25, 0.3) is 5.91 Å². The summed E-state index contributed by atoms with van der Waals surface area (Å²) in [6.07, 6.45) is 4.38. The third-order valence-electron chi connectivity index (χ3n) is 3.82. The number of hydrogen-bond donors (Lipinski definition) is 2. The molecule has 120 valence electrons. The van der Waals surface area contributed by atoms with Crippen LogP contribution in [0.3, 0.4) is 0 Å². The maximum absolute atomic E-state index is 12.4. The van der Waals surface area contributed by atoms with Gasteiger partial charge in [0, 0.05) is 17.5 Å². The SMILES string of the molecule is O=C(O)COc1cccc(C(=O)NC2CCCc3occc32)c1. The summed E-state index contributed by atoms with van der Waals surface area (Å²) in [6.45, 7) is -0.438. The van der Waals surface area contributed by atoms with E-state index in [1.165, 1.54) is 6.07 Å². The number of amides is 1. The number of fused-ring (bicyclic) bond motifs is 1. The minimum atomic E-state index is -1.06. The van der Waals surface area contributed by atoms with Gasteiger partial charge in [-0.1, -0.05) is 6.07 Å². The number of carbonyl (C=O) groups excluding carboxylic acids is 1. The molecule has 2 aromatic rings. The number of nitrogens with one attached hydrogen (secondary N) is 1. The monoisotopic (exact) mass is 315 g/mol. The van der Waals surface area contributed by atoms with Gasteiger partial charge >= 0.3 is 5.97 Å². The van der Waals surface area contributed by atoms with Crippen LogP contribution in [-0.4, -0.2) is 23.6 Å². The zero-order valence-corrected chi connectivity index (χ0v) is 12.5. The zero-order valence-electron chi connectivity index (χ0n) is 12.5. The summed E-state index contributed by atoms with van der Waals surface area (Å²) >= 11 is 0. The number of carboxylic acids is 1. The Labute approximate surface area is 133 Å². The van der Waals surface area contributed by atoms with Gasteiger partial charge in [0.2, 0.25) is 0 Å². The smallest absolute Gasteiger partial charge is 0.341 e. The van der Waals surface area contributed by atoms with Crippen LogP contribution < -0.4 is 10.1 Å². The lowest BCUT2D eigenvalue weighted by atomic mass is 9.93. The maximum Gasteiger partial charge on any atom is 0.341 e. The molecule has 0 radical (unpaired) electrons. The minimum Gasteiger partial charge on any atom is -0.482 e. The molecule has 1 unspecified atom stereocenters. The second-order valence-electron chi connectivity index (χ2n) is 5.43. The number of benzene rings is 1. The highest BCUT2D eigenvalue weighted by Crippen LogP contribution is 2.30. The number of aryl methyl sites for hydroxylation is 1. The van der Waals surface area contributed by atoms with Crippen molar-refractivity contribution in [2.24, 2.45) is 0 Å². The van der Waals surface area contributed by atoms with E-state index < -0.39 is 12.6 Å². The van der Waals surface area contributed by atoms with E-state index in [0.717, 1.165) is 30.6 Å². The minimum absolute atomic E-state index is 0.0615. The van der Waals surface area contributed by atoms with Crippen molar-refractivity contribution in [1.82, 2.24) is 5.32 Å². The molecule has 6 heteroatoms. The summed E-state index contributed by atoms with van der Waals surface area (Å²) < 4.78 is 10.5. The van der Waals surface area contributed by atoms with Crippen molar-refractivity contribution in [1.29, 1.82) is 0 Å².